The topological polar surface area (TPSA) is 50.2 Å². The number of halogens is 1. The predicted molar refractivity (Wildman–Crippen MR) is 98.7 cm³/mol. The first-order chi connectivity index (χ1) is 11.5. The molecule has 2 heterocycles. The Morgan fingerprint density at radius 3 is 2.62 bits per heavy atom. The molecule has 1 aliphatic heterocycles. The first-order valence-corrected chi connectivity index (χ1v) is 9.06. The van der Waals surface area contributed by atoms with Gasteiger partial charge < -0.3 is 10.2 Å². The van der Waals surface area contributed by atoms with Gasteiger partial charge in [0.2, 0.25) is 0 Å². The Balaban J connectivity index is 1.75. The van der Waals surface area contributed by atoms with Crippen LogP contribution in [0.15, 0.2) is 28.7 Å². The third-order valence-electron chi connectivity index (χ3n) is 4.63. The number of amides is 1. The van der Waals surface area contributed by atoms with Gasteiger partial charge in [-0.15, -0.1) is 0 Å². The van der Waals surface area contributed by atoms with Gasteiger partial charge in [0, 0.05) is 18.7 Å². The van der Waals surface area contributed by atoms with Crippen LogP contribution in [-0.4, -0.2) is 47.3 Å². The van der Waals surface area contributed by atoms with E-state index >= 15 is 0 Å². The molecule has 1 atom stereocenters. The highest BCUT2D eigenvalue weighted by molar-refractivity contribution is 9.10. The van der Waals surface area contributed by atoms with Crippen molar-refractivity contribution in [1.82, 2.24) is 20.0 Å². The van der Waals surface area contributed by atoms with Gasteiger partial charge >= 0.3 is 0 Å². The van der Waals surface area contributed by atoms with E-state index in [0.717, 1.165) is 53.2 Å². The van der Waals surface area contributed by atoms with Crippen LogP contribution in [0.25, 0.3) is 5.69 Å². The Kier molecular flexibility index (Phi) is 5.06. The van der Waals surface area contributed by atoms with Gasteiger partial charge in [-0.25, -0.2) is 4.68 Å². The second-order valence-corrected chi connectivity index (χ2v) is 7.20. The Hall–Kier alpha value is -1.66. The smallest absolute Gasteiger partial charge is 0.253 e. The summed E-state index contributed by atoms with van der Waals surface area (Å²) in [6.45, 7) is 6.65. The molecule has 1 aromatic carbocycles. The molecule has 2 aromatic rings. The molecule has 0 aliphatic carbocycles. The maximum absolute atomic E-state index is 12.6. The number of likely N-dealkylation sites (tertiary alicyclic amines) is 1. The van der Waals surface area contributed by atoms with Crippen molar-refractivity contribution < 1.29 is 4.79 Å². The lowest BCUT2D eigenvalue weighted by atomic mass is 10.1. The van der Waals surface area contributed by atoms with Crippen molar-refractivity contribution in [1.29, 1.82) is 0 Å². The maximum Gasteiger partial charge on any atom is 0.253 e. The molecule has 6 heteroatoms. The Bertz CT molecular complexity index is 738. The number of nitrogens with zero attached hydrogens (tertiary/aromatic N) is 3. The summed E-state index contributed by atoms with van der Waals surface area (Å²) >= 11 is 3.55. The summed E-state index contributed by atoms with van der Waals surface area (Å²) in [5, 5.41) is 7.72. The quantitative estimate of drug-likeness (QED) is 0.872. The zero-order chi connectivity index (χ0) is 17.3. The van der Waals surface area contributed by atoms with Crippen molar-refractivity contribution in [2.75, 3.05) is 26.7 Å². The molecular formula is C18H23BrN4O. The zero-order valence-electron chi connectivity index (χ0n) is 14.3. The molecular weight excluding hydrogens is 368 g/mol. The van der Waals surface area contributed by atoms with Crippen molar-refractivity contribution >= 4 is 21.8 Å². The van der Waals surface area contributed by atoms with Crippen LogP contribution >= 0.6 is 15.9 Å². The monoisotopic (exact) mass is 390 g/mol. The molecule has 1 amide bonds. The molecule has 1 fully saturated rings. The van der Waals surface area contributed by atoms with Crippen LogP contribution in [0, 0.1) is 19.8 Å². The molecule has 24 heavy (non-hydrogen) atoms. The fourth-order valence-corrected chi connectivity index (χ4v) is 3.52. The number of rotatable bonds is 4. The second kappa shape index (κ2) is 7.07. The van der Waals surface area contributed by atoms with Gasteiger partial charge in [0.25, 0.3) is 5.91 Å². The van der Waals surface area contributed by atoms with Crippen LogP contribution < -0.4 is 5.32 Å². The van der Waals surface area contributed by atoms with Crippen LogP contribution in [0.3, 0.4) is 0 Å². The first-order valence-electron chi connectivity index (χ1n) is 8.27. The Morgan fingerprint density at radius 2 is 2.04 bits per heavy atom. The molecule has 1 saturated heterocycles. The zero-order valence-corrected chi connectivity index (χ0v) is 15.9. The average molecular weight is 391 g/mol. The van der Waals surface area contributed by atoms with E-state index in [4.69, 9.17) is 0 Å². The van der Waals surface area contributed by atoms with Crippen LogP contribution in [0.4, 0.5) is 0 Å². The van der Waals surface area contributed by atoms with E-state index in [-0.39, 0.29) is 5.91 Å². The van der Waals surface area contributed by atoms with Crippen molar-refractivity contribution in [3.63, 3.8) is 0 Å². The molecule has 1 N–H and O–H groups in total. The minimum Gasteiger partial charge on any atom is -0.338 e. The minimum absolute atomic E-state index is 0.120. The summed E-state index contributed by atoms with van der Waals surface area (Å²) in [5.74, 6) is 0.681. The van der Waals surface area contributed by atoms with Gasteiger partial charge in [0.15, 0.2) is 0 Å². The summed E-state index contributed by atoms with van der Waals surface area (Å²) in [4.78, 5) is 14.6. The molecule has 128 valence electrons. The number of hydrogen-bond donors (Lipinski definition) is 1. The summed E-state index contributed by atoms with van der Waals surface area (Å²) in [5.41, 5.74) is 3.72. The number of aryl methyl sites for hydroxylation is 1. The van der Waals surface area contributed by atoms with Gasteiger partial charge in [-0.1, -0.05) is 0 Å². The summed E-state index contributed by atoms with van der Waals surface area (Å²) < 4.78 is 2.92. The number of carbonyl (C=O) groups excluding carboxylic acids is 1. The van der Waals surface area contributed by atoms with Crippen LogP contribution in [-0.2, 0) is 0 Å². The molecule has 0 bridgehead atoms. The molecule has 0 unspecified atom stereocenters. The Labute approximate surface area is 151 Å². The summed E-state index contributed by atoms with van der Waals surface area (Å²) in [7, 11) is 1.96. The number of benzene rings is 1. The Morgan fingerprint density at radius 1 is 1.33 bits per heavy atom. The fourth-order valence-electron chi connectivity index (χ4n) is 3.28. The lowest BCUT2D eigenvalue weighted by molar-refractivity contribution is 0.0787. The molecule has 1 aliphatic rings. The highest BCUT2D eigenvalue weighted by Gasteiger charge is 2.26. The molecule has 0 radical (unpaired) electrons. The van der Waals surface area contributed by atoms with Gasteiger partial charge in [-0.3, -0.25) is 4.79 Å². The van der Waals surface area contributed by atoms with E-state index in [0.29, 0.717) is 5.92 Å². The van der Waals surface area contributed by atoms with Gasteiger partial charge in [-0.2, -0.15) is 5.10 Å². The minimum atomic E-state index is 0.120. The highest BCUT2D eigenvalue weighted by atomic mass is 79.9. The van der Waals surface area contributed by atoms with Gasteiger partial charge in [0.1, 0.15) is 0 Å². The number of hydrogen-bond acceptors (Lipinski definition) is 3. The van der Waals surface area contributed by atoms with Gasteiger partial charge in [-0.05, 0) is 80.0 Å². The number of aromatic nitrogens is 2. The third-order valence-corrected chi connectivity index (χ3v) is 5.78. The number of carbonyl (C=O) groups is 1. The van der Waals surface area contributed by atoms with E-state index in [1.165, 1.54) is 0 Å². The van der Waals surface area contributed by atoms with E-state index in [1.807, 2.05) is 54.7 Å². The van der Waals surface area contributed by atoms with Crippen LogP contribution in [0.2, 0.25) is 0 Å². The fraction of sp³-hybridized carbons (Fsp3) is 0.444. The average Bonchev–Trinajstić information content (AvgIpc) is 3.15. The van der Waals surface area contributed by atoms with Crippen LogP contribution in [0.5, 0.6) is 0 Å². The lowest BCUT2D eigenvalue weighted by Gasteiger charge is -2.17. The largest absolute Gasteiger partial charge is 0.338 e. The van der Waals surface area contributed by atoms with E-state index in [1.54, 1.807) is 0 Å². The van der Waals surface area contributed by atoms with Crippen molar-refractivity contribution in [2.24, 2.45) is 5.92 Å². The maximum atomic E-state index is 12.6. The SMILES string of the molecule is CNC[C@@H]1CCN(C(=O)c2ccc(-n3nc(C)c(Br)c3C)cc2)C1. The summed E-state index contributed by atoms with van der Waals surface area (Å²) in [6.07, 6.45) is 1.07. The van der Waals surface area contributed by atoms with Gasteiger partial charge in [0.05, 0.1) is 21.5 Å². The van der Waals surface area contributed by atoms with Crippen LogP contribution in [0.1, 0.15) is 28.2 Å². The second-order valence-electron chi connectivity index (χ2n) is 6.41. The molecule has 1 aromatic heterocycles. The van der Waals surface area contributed by atoms with E-state index in [2.05, 4.69) is 26.3 Å². The van der Waals surface area contributed by atoms with Crippen molar-refractivity contribution in [3.8, 4) is 5.69 Å². The van der Waals surface area contributed by atoms with Crippen molar-refractivity contribution in [3.05, 3.63) is 45.7 Å². The highest BCUT2D eigenvalue weighted by Crippen LogP contribution is 2.24. The number of nitrogens with one attached hydrogen (secondary N) is 1. The molecule has 5 nitrogen and oxygen atoms in total. The molecule has 0 spiro atoms. The lowest BCUT2D eigenvalue weighted by Crippen LogP contribution is -2.30. The molecule has 3 rings (SSSR count). The third kappa shape index (κ3) is 3.26. The summed E-state index contributed by atoms with van der Waals surface area (Å²) in [6, 6.07) is 7.71. The van der Waals surface area contributed by atoms with E-state index < -0.39 is 0 Å². The standard InChI is InChI=1S/C18H23BrN4O/c1-12-17(19)13(2)23(21-12)16-6-4-15(5-7-16)18(24)22-9-8-14(11-22)10-20-3/h4-7,14,20H,8-11H2,1-3H3/t14-/m0/s1. The van der Waals surface area contributed by atoms with E-state index in [9.17, 15) is 4.79 Å². The molecule has 0 saturated carbocycles. The van der Waals surface area contributed by atoms with Crippen molar-refractivity contribution in [2.45, 2.75) is 20.3 Å². The normalized spacial score (nSPS) is 17.5. The first kappa shape index (κ1) is 17.2. The predicted octanol–water partition coefficient (Wildman–Crippen LogP) is 2.93.